The summed E-state index contributed by atoms with van der Waals surface area (Å²) in [5, 5.41) is 0.343. The third-order valence-corrected chi connectivity index (χ3v) is 8.11. The standard InChI is InChI=1S/C14H30OSi/c1-7-8-9-10-11-12-13-15-16(5,6)14(2,3)4/h7H,1,8-13H2,2-6H3. The normalized spacial score (nSPS) is 12.8. The molecule has 0 aromatic rings. The van der Waals surface area contributed by atoms with Crippen LogP contribution in [0.4, 0.5) is 0 Å². The Bertz CT molecular complexity index is 191. The highest BCUT2D eigenvalue weighted by molar-refractivity contribution is 6.74. The topological polar surface area (TPSA) is 9.23 Å². The van der Waals surface area contributed by atoms with Crippen molar-refractivity contribution in [2.45, 2.75) is 71.0 Å². The van der Waals surface area contributed by atoms with E-state index >= 15 is 0 Å². The molecule has 0 aliphatic carbocycles. The lowest BCUT2D eigenvalue weighted by molar-refractivity contribution is 0.277. The van der Waals surface area contributed by atoms with E-state index in [1.807, 2.05) is 6.08 Å². The van der Waals surface area contributed by atoms with E-state index in [4.69, 9.17) is 4.43 Å². The molecule has 0 aliphatic rings. The predicted octanol–water partition coefficient (Wildman–Crippen LogP) is 5.14. The van der Waals surface area contributed by atoms with Crippen LogP contribution < -0.4 is 0 Å². The number of hydrogen-bond donors (Lipinski definition) is 0. The van der Waals surface area contributed by atoms with Crippen LogP contribution >= 0.6 is 0 Å². The maximum atomic E-state index is 6.12. The van der Waals surface area contributed by atoms with Gasteiger partial charge in [-0.2, -0.15) is 0 Å². The monoisotopic (exact) mass is 242 g/mol. The summed E-state index contributed by atoms with van der Waals surface area (Å²) in [6.45, 7) is 16.2. The van der Waals surface area contributed by atoms with Crippen molar-refractivity contribution in [3.05, 3.63) is 12.7 Å². The molecule has 0 atom stereocenters. The second-order valence-corrected chi connectivity index (χ2v) is 10.9. The van der Waals surface area contributed by atoms with Gasteiger partial charge >= 0.3 is 0 Å². The van der Waals surface area contributed by atoms with Gasteiger partial charge in [0.05, 0.1) is 0 Å². The lowest BCUT2D eigenvalue weighted by Gasteiger charge is -2.36. The number of rotatable bonds is 8. The minimum atomic E-state index is -1.50. The molecule has 16 heavy (non-hydrogen) atoms. The molecule has 96 valence electrons. The molecular weight excluding hydrogens is 212 g/mol. The van der Waals surface area contributed by atoms with E-state index in [0.29, 0.717) is 5.04 Å². The molecule has 0 fully saturated rings. The fraction of sp³-hybridized carbons (Fsp3) is 0.857. The number of allylic oxidation sites excluding steroid dienone is 1. The van der Waals surface area contributed by atoms with E-state index in [2.05, 4.69) is 40.4 Å². The third-order valence-electron chi connectivity index (χ3n) is 3.57. The van der Waals surface area contributed by atoms with Gasteiger partial charge in [-0.3, -0.25) is 0 Å². The molecule has 0 N–H and O–H groups in total. The lowest BCUT2D eigenvalue weighted by Crippen LogP contribution is -2.40. The van der Waals surface area contributed by atoms with Gasteiger partial charge in [-0.15, -0.1) is 6.58 Å². The summed E-state index contributed by atoms with van der Waals surface area (Å²) in [6, 6.07) is 0. The van der Waals surface area contributed by atoms with Crippen molar-refractivity contribution in [3.8, 4) is 0 Å². The van der Waals surface area contributed by atoms with Crippen LogP contribution in [0.3, 0.4) is 0 Å². The Morgan fingerprint density at radius 3 is 2.12 bits per heavy atom. The van der Waals surface area contributed by atoms with Gasteiger partial charge in [0, 0.05) is 6.61 Å². The summed E-state index contributed by atoms with van der Waals surface area (Å²) in [5.41, 5.74) is 0. The highest BCUT2D eigenvalue weighted by Gasteiger charge is 2.36. The van der Waals surface area contributed by atoms with Crippen molar-refractivity contribution in [2.24, 2.45) is 0 Å². The SMILES string of the molecule is C=CCCCCCCO[Si](C)(C)C(C)(C)C. The molecule has 0 rings (SSSR count). The fourth-order valence-corrected chi connectivity index (χ4v) is 2.38. The smallest absolute Gasteiger partial charge is 0.191 e. The molecule has 0 bridgehead atoms. The van der Waals surface area contributed by atoms with E-state index in [9.17, 15) is 0 Å². The van der Waals surface area contributed by atoms with Crippen LogP contribution in [0.5, 0.6) is 0 Å². The van der Waals surface area contributed by atoms with Crippen molar-refractivity contribution in [1.29, 1.82) is 0 Å². The average molecular weight is 242 g/mol. The van der Waals surface area contributed by atoms with E-state index in [1.54, 1.807) is 0 Å². The van der Waals surface area contributed by atoms with Crippen LogP contribution in [0.25, 0.3) is 0 Å². The Morgan fingerprint density at radius 1 is 1.06 bits per heavy atom. The minimum Gasteiger partial charge on any atom is -0.417 e. The van der Waals surface area contributed by atoms with Crippen molar-refractivity contribution in [3.63, 3.8) is 0 Å². The Balaban J connectivity index is 3.55. The van der Waals surface area contributed by atoms with Crippen molar-refractivity contribution >= 4 is 8.32 Å². The molecule has 0 spiro atoms. The zero-order chi connectivity index (χ0) is 12.7. The molecule has 0 unspecified atom stereocenters. The maximum absolute atomic E-state index is 6.12. The van der Waals surface area contributed by atoms with Crippen LogP contribution in [0, 0.1) is 0 Å². The summed E-state index contributed by atoms with van der Waals surface area (Å²) in [7, 11) is -1.50. The molecule has 0 saturated heterocycles. The quantitative estimate of drug-likeness (QED) is 0.325. The van der Waals surface area contributed by atoms with Crippen LogP contribution in [-0.4, -0.2) is 14.9 Å². The zero-order valence-electron chi connectivity index (χ0n) is 11.9. The lowest BCUT2D eigenvalue weighted by atomic mass is 10.1. The van der Waals surface area contributed by atoms with Gasteiger partial charge in [0.2, 0.25) is 0 Å². The molecule has 0 saturated carbocycles. The molecule has 0 aromatic heterocycles. The molecule has 0 aliphatic heterocycles. The summed E-state index contributed by atoms with van der Waals surface area (Å²) in [5.74, 6) is 0. The van der Waals surface area contributed by atoms with Gasteiger partial charge in [-0.05, 0) is 37.4 Å². The van der Waals surface area contributed by atoms with Crippen LogP contribution in [0.15, 0.2) is 12.7 Å². The highest BCUT2D eigenvalue weighted by Crippen LogP contribution is 2.36. The first-order valence-electron chi connectivity index (χ1n) is 6.56. The third kappa shape index (κ3) is 6.49. The van der Waals surface area contributed by atoms with Crippen LogP contribution in [0.1, 0.15) is 52.9 Å². The van der Waals surface area contributed by atoms with Gasteiger partial charge in [-0.1, -0.05) is 39.7 Å². The van der Waals surface area contributed by atoms with Crippen LogP contribution in [-0.2, 0) is 4.43 Å². The summed E-state index contributed by atoms with van der Waals surface area (Å²) in [4.78, 5) is 0. The molecular formula is C14H30OSi. The summed E-state index contributed by atoms with van der Waals surface area (Å²) in [6.07, 6.45) is 8.26. The summed E-state index contributed by atoms with van der Waals surface area (Å²) < 4.78 is 6.12. The molecule has 0 radical (unpaired) electrons. The Kier molecular flexibility index (Phi) is 7.25. The fourth-order valence-electron chi connectivity index (χ4n) is 1.29. The van der Waals surface area contributed by atoms with Crippen molar-refractivity contribution in [2.75, 3.05) is 6.61 Å². The first-order chi connectivity index (χ1) is 7.31. The highest BCUT2D eigenvalue weighted by atomic mass is 28.4. The van der Waals surface area contributed by atoms with Crippen LogP contribution in [0.2, 0.25) is 18.1 Å². The van der Waals surface area contributed by atoms with E-state index in [1.165, 1.54) is 25.7 Å². The predicted molar refractivity (Wildman–Crippen MR) is 76.4 cm³/mol. The molecule has 2 heteroatoms. The Labute approximate surface area is 103 Å². The van der Waals surface area contributed by atoms with Gasteiger partial charge in [0.25, 0.3) is 0 Å². The number of hydrogen-bond acceptors (Lipinski definition) is 1. The molecule has 0 aromatic carbocycles. The van der Waals surface area contributed by atoms with E-state index in [0.717, 1.165) is 13.0 Å². The van der Waals surface area contributed by atoms with Gasteiger partial charge in [0.1, 0.15) is 0 Å². The Hall–Kier alpha value is -0.0831. The first-order valence-corrected chi connectivity index (χ1v) is 9.47. The summed E-state index contributed by atoms with van der Waals surface area (Å²) >= 11 is 0. The van der Waals surface area contributed by atoms with Gasteiger partial charge < -0.3 is 4.43 Å². The zero-order valence-corrected chi connectivity index (χ0v) is 12.9. The molecule has 1 nitrogen and oxygen atoms in total. The van der Waals surface area contributed by atoms with Gasteiger partial charge in [-0.25, -0.2) is 0 Å². The maximum Gasteiger partial charge on any atom is 0.191 e. The second-order valence-electron chi connectivity index (χ2n) is 6.10. The largest absolute Gasteiger partial charge is 0.417 e. The average Bonchev–Trinajstić information content (AvgIpc) is 2.14. The second kappa shape index (κ2) is 7.28. The van der Waals surface area contributed by atoms with Crippen molar-refractivity contribution in [1.82, 2.24) is 0 Å². The number of unbranched alkanes of at least 4 members (excludes halogenated alkanes) is 4. The molecule has 0 heterocycles. The Morgan fingerprint density at radius 2 is 1.62 bits per heavy atom. The molecule has 0 amide bonds. The van der Waals surface area contributed by atoms with Crippen molar-refractivity contribution < 1.29 is 4.43 Å². The first kappa shape index (κ1) is 15.9. The van der Waals surface area contributed by atoms with E-state index in [-0.39, 0.29) is 0 Å². The van der Waals surface area contributed by atoms with Gasteiger partial charge in [0.15, 0.2) is 8.32 Å². The minimum absolute atomic E-state index is 0.343. The van der Waals surface area contributed by atoms with E-state index < -0.39 is 8.32 Å².